The van der Waals surface area contributed by atoms with Crippen LogP contribution >= 0.6 is 11.6 Å². The average Bonchev–Trinajstić information content (AvgIpc) is 2.77. The predicted octanol–water partition coefficient (Wildman–Crippen LogP) is 3.56. The maximum absolute atomic E-state index is 6.05. The molecular weight excluding hydrogens is 250 g/mol. The van der Waals surface area contributed by atoms with E-state index in [0.717, 1.165) is 16.9 Å². The summed E-state index contributed by atoms with van der Waals surface area (Å²) in [4.78, 5) is 0. The van der Waals surface area contributed by atoms with E-state index in [9.17, 15) is 0 Å². The van der Waals surface area contributed by atoms with E-state index < -0.39 is 0 Å². The molecule has 0 saturated carbocycles. The van der Waals surface area contributed by atoms with Gasteiger partial charge in [0.15, 0.2) is 5.22 Å². The minimum Gasteiger partial charge on any atom is -0.496 e. The number of hydrogen-bond acceptors (Lipinski definition) is 3. The van der Waals surface area contributed by atoms with Crippen molar-refractivity contribution in [2.24, 2.45) is 0 Å². The average molecular weight is 266 g/mol. The molecule has 1 N–H and O–H groups in total. The smallest absolute Gasteiger partial charge is 0.198 e. The van der Waals surface area contributed by atoms with Gasteiger partial charge in [0.05, 0.1) is 19.4 Å². The van der Waals surface area contributed by atoms with Crippen LogP contribution in [0, 0.1) is 6.92 Å². The van der Waals surface area contributed by atoms with Crippen LogP contribution in [0.5, 0.6) is 5.75 Å². The van der Waals surface area contributed by atoms with Gasteiger partial charge >= 0.3 is 0 Å². The molecular formula is C14H16ClNO2. The fourth-order valence-electron chi connectivity index (χ4n) is 2.07. The largest absolute Gasteiger partial charge is 0.496 e. The van der Waals surface area contributed by atoms with E-state index >= 15 is 0 Å². The van der Waals surface area contributed by atoms with Crippen LogP contribution in [0.1, 0.15) is 22.7 Å². The Balaban J connectivity index is 2.51. The van der Waals surface area contributed by atoms with Crippen LogP contribution < -0.4 is 10.1 Å². The summed E-state index contributed by atoms with van der Waals surface area (Å²) in [6, 6.07) is 7.88. The topological polar surface area (TPSA) is 34.4 Å². The predicted molar refractivity (Wildman–Crippen MR) is 72.4 cm³/mol. The van der Waals surface area contributed by atoms with Gasteiger partial charge in [-0.05, 0) is 37.7 Å². The minimum absolute atomic E-state index is 0.0499. The third kappa shape index (κ3) is 2.37. The molecule has 0 radical (unpaired) electrons. The number of benzene rings is 1. The van der Waals surface area contributed by atoms with E-state index in [-0.39, 0.29) is 6.04 Å². The molecule has 0 aliphatic rings. The Morgan fingerprint density at radius 3 is 2.61 bits per heavy atom. The second-order valence-electron chi connectivity index (χ2n) is 4.12. The number of aryl methyl sites for hydroxylation is 1. The highest BCUT2D eigenvalue weighted by molar-refractivity contribution is 6.29. The Kier molecular flexibility index (Phi) is 3.94. The van der Waals surface area contributed by atoms with Gasteiger partial charge in [0.25, 0.3) is 0 Å². The molecule has 18 heavy (non-hydrogen) atoms. The van der Waals surface area contributed by atoms with Crippen LogP contribution in [0.25, 0.3) is 0 Å². The van der Waals surface area contributed by atoms with E-state index in [4.69, 9.17) is 20.8 Å². The molecule has 1 atom stereocenters. The van der Waals surface area contributed by atoms with Crippen LogP contribution in [-0.4, -0.2) is 14.2 Å². The van der Waals surface area contributed by atoms with Gasteiger partial charge < -0.3 is 14.5 Å². The first-order valence-electron chi connectivity index (χ1n) is 5.72. The molecule has 96 valence electrons. The molecule has 0 saturated heterocycles. The zero-order valence-corrected chi connectivity index (χ0v) is 11.4. The van der Waals surface area contributed by atoms with E-state index in [2.05, 4.69) is 11.4 Å². The highest BCUT2D eigenvalue weighted by atomic mass is 35.5. The summed E-state index contributed by atoms with van der Waals surface area (Å²) in [7, 11) is 3.55. The fraction of sp³-hybridized carbons (Fsp3) is 0.286. The second kappa shape index (κ2) is 5.46. The number of rotatable bonds is 4. The first kappa shape index (κ1) is 13.0. The van der Waals surface area contributed by atoms with Crippen LogP contribution in [0.2, 0.25) is 5.22 Å². The second-order valence-corrected chi connectivity index (χ2v) is 4.46. The molecule has 3 nitrogen and oxygen atoms in total. The lowest BCUT2D eigenvalue weighted by atomic mass is 9.98. The fourth-order valence-corrected chi connectivity index (χ4v) is 2.29. The van der Waals surface area contributed by atoms with Crippen molar-refractivity contribution in [2.45, 2.75) is 13.0 Å². The van der Waals surface area contributed by atoms with Gasteiger partial charge in [-0.2, -0.15) is 0 Å². The van der Waals surface area contributed by atoms with Gasteiger partial charge in [-0.15, -0.1) is 0 Å². The molecule has 1 aromatic heterocycles. The third-order valence-electron chi connectivity index (χ3n) is 2.94. The highest BCUT2D eigenvalue weighted by Gasteiger charge is 2.20. The molecule has 2 aromatic rings. The van der Waals surface area contributed by atoms with Crippen molar-refractivity contribution in [3.63, 3.8) is 0 Å². The van der Waals surface area contributed by atoms with Gasteiger partial charge in [0, 0.05) is 11.1 Å². The van der Waals surface area contributed by atoms with E-state index in [0.29, 0.717) is 5.22 Å². The number of furan rings is 1. The molecule has 2 rings (SSSR count). The highest BCUT2D eigenvalue weighted by Crippen LogP contribution is 2.34. The monoisotopic (exact) mass is 265 g/mol. The number of halogens is 1. The summed E-state index contributed by atoms with van der Waals surface area (Å²) in [5, 5.41) is 3.64. The zero-order chi connectivity index (χ0) is 13.1. The zero-order valence-electron chi connectivity index (χ0n) is 10.7. The van der Waals surface area contributed by atoms with Gasteiger partial charge in [-0.25, -0.2) is 0 Å². The standard InChI is InChI=1S/C14H16ClNO2/c1-9-4-5-12(17-3)11(8-9)13(16-2)10-6-7-18-14(10)15/h4-8,13,16H,1-3H3. The summed E-state index contributed by atoms with van der Waals surface area (Å²) in [5.74, 6) is 0.831. The number of nitrogens with one attached hydrogen (secondary N) is 1. The van der Waals surface area contributed by atoms with Gasteiger partial charge in [0.2, 0.25) is 0 Å². The van der Waals surface area contributed by atoms with Crippen molar-refractivity contribution in [2.75, 3.05) is 14.2 Å². The van der Waals surface area contributed by atoms with Crippen molar-refractivity contribution in [1.29, 1.82) is 0 Å². The van der Waals surface area contributed by atoms with Crippen molar-refractivity contribution in [1.82, 2.24) is 5.32 Å². The maximum Gasteiger partial charge on any atom is 0.198 e. The molecule has 0 aliphatic carbocycles. The lowest BCUT2D eigenvalue weighted by molar-refractivity contribution is 0.405. The Hall–Kier alpha value is -1.45. The molecule has 1 aromatic carbocycles. The first-order valence-corrected chi connectivity index (χ1v) is 6.10. The molecule has 1 heterocycles. The molecule has 0 spiro atoms. The Bertz CT molecular complexity index is 536. The summed E-state index contributed by atoms with van der Waals surface area (Å²) >= 11 is 6.05. The number of methoxy groups -OCH3 is 1. The molecule has 0 amide bonds. The number of hydrogen-bond donors (Lipinski definition) is 1. The lowest BCUT2D eigenvalue weighted by Crippen LogP contribution is -2.18. The first-order chi connectivity index (χ1) is 8.67. The van der Waals surface area contributed by atoms with Crippen LogP contribution in [-0.2, 0) is 0 Å². The van der Waals surface area contributed by atoms with Crippen molar-refractivity contribution in [3.8, 4) is 5.75 Å². The van der Waals surface area contributed by atoms with Gasteiger partial charge in [0.1, 0.15) is 5.75 Å². The van der Waals surface area contributed by atoms with Crippen LogP contribution in [0.3, 0.4) is 0 Å². The van der Waals surface area contributed by atoms with Crippen LogP contribution in [0.4, 0.5) is 0 Å². The van der Waals surface area contributed by atoms with E-state index in [1.165, 1.54) is 5.56 Å². The third-order valence-corrected chi connectivity index (χ3v) is 3.25. The van der Waals surface area contributed by atoms with Crippen molar-refractivity contribution >= 4 is 11.6 Å². The number of ether oxygens (including phenoxy) is 1. The summed E-state index contributed by atoms with van der Waals surface area (Å²) in [6.45, 7) is 2.05. The van der Waals surface area contributed by atoms with Gasteiger partial charge in [-0.3, -0.25) is 0 Å². The molecule has 0 bridgehead atoms. The SMILES string of the molecule is CNC(c1cc(C)ccc1OC)c1ccoc1Cl. The molecule has 1 unspecified atom stereocenters. The van der Waals surface area contributed by atoms with Gasteiger partial charge in [-0.1, -0.05) is 17.7 Å². The van der Waals surface area contributed by atoms with Crippen molar-refractivity contribution in [3.05, 3.63) is 52.4 Å². The minimum atomic E-state index is -0.0499. The Labute approximate surface area is 112 Å². The summed E-state index contributed by atoms with van der Waals surface area (Å²) in [6.07, 6.45) is 1.59. The quantitative estimate of drug-likeness (QED) is 0.918. The Morgan fingerprint density at radius 2 is 2.06 bits per heavy atom. The molecule has 0 aliphatic heterocycles. The normalized spacial score (nSPS) is 12.4. The summed E-state index contributed by atoms with van der Waals surface area (Å²) < 4.78 is 10.6. The van der Waals surface area contributed by atoms with Crippen molar-refractivity contribution < 1.29 is 9.15 Å². The molecule has 0 fully saturated rings. The lowest BCUT2D eigenvalue weighted by Gasteiger charge is -2.19. The van der Waals surface area contributed by atoms with Crippen LogP contribution in [0.15, 0.2) is 34.9 Å². The molecule has 4 heteroatoms. The Morgan fingerprint density at radius 1 is 1.28 bits per heavy atom. The maximum atomic E-state index is 6.05. The van der Waals surface area contributed by atoms with E-state index in [1.54, 1.807) is 13.4 Å². The summed E-state index contributed by atoms with van der Waals surface area (Å²) in [5.41, 5.74) is 3.12. The van der Waals surface area contributed by atoms with E-state index in [1.807, 2.05) is 32.2 Å².